The van der Waals surface area contributed by atoms with Gasteiger partial charge in [-0.3, -0.25) is 4.79 Å². The molecule has 138 valence electrons. The van der Waals surface area contributed by atoms with Gasteiger partial charge in [-0.25, -0.2) is 9.18 Å². The monoisotopic (exact) mass is 394 g/mol. The summed E-state index contributed by atoms with van der Waals surface area (Å²) in [6.07, 6.45) is 1.36. The smallest absolute Gasteiger partial charge is 0.343 e. The van der Waals surface area contributed by atoms with E-state index in [9.17, 15) is 14.0 Å². The first kappa shape index (κ1) is 17.9. The molecule has 4 aromatic rings. The number of carbonyl (C=O) groups excluding carboxylic acids is 1. The molecular weight excluding hydrogens is 383 g/mol. The number of hydrogen-bond donors (Lipinski definition) is 0. The van der Waals surface area contributed by atoms with Crippen molar-refractivity contribution in [2.24, 2.45) is 0 Å². The van der Waals surface area contributed by atoms with Crippen molar-refractivity contribution in [2.75, 3.05) is 0 Å². The Bertz CT molecular complexity index is 1230. The molecule has 0 unspecified atom stereocenters. The average Bonchev–Trinajstić information content (AvgIpc) is 2.69. The normalized spacial score (nSPS) is 10.8. The number of ether oxygens (including phenoxy) is 1. The molecule has 0 aliphatic carbocycles. The van der Waals surface area contributed by atoms with E-state index in [0.29, 0.717) is 21.5 Å². The average molecular weight is 395 g/mol. The SMILES string of the molecule is O=C(Oc1ccc2c(=O)c(-c3ccc(Cl)cc3)coc2c1)c1ccc(F)cc1. The Morgan fingerprint density at radius 2 is 1.68 bits per heavy atom. The fourth-order valence-electron chi connectivity index (χ4n) is 2.75. The molecule has 0 N–H and O–H groups in total. The van der Waals surface area contributed by atoms with Crippen LogP contribution in [0.2, 0.25) is 5.02 Å². The lowest BCUT2D eigenvalue weighted by molar-refractivity contribution is 0.0735. The number of halogens is 2. The molecule has 0 amide bonds. The Morgan fingerprint density at radius 3 is 2.39 bits per heavy atom. The number of esters is 1. The molecule has 0 radical (unpaired) electrons. The van der Waals surface area contributed by atoms with Crippen LogP contribution in [0, 0.1) is 5.82 Å². The first-order chi connectivity index (χ1) is 13.5. The Hall–Kier alpha value is -3.44. The molecule has 0 aliphatic heterocycles. The fourth-order valence-corrected chi connectivity index (χ4v) is 2.88. The molecular formula is C22H12ClFO4. The van der Waals surface area contributed by atoms with Crippen molar-refractivity contribution in [1.82, 2.24) is 0 Å². The minimum Gasteiger partial charge on any atom is -0.463 e. The molecule has 3 aromatic carbocycles. The summed E-state index contributed by atoms with van der Waals surface area (Å²) < 4.78 is 23.8. The van der Waals surface area contributed by atoms with E-state index in [0.717, 1.165) is 0 Å². The van der Waals surface area contributed by atoms with Crippen LogP contribution < -0.4 is 10.2 Å². The molecule has 1 heterocycles. The van der Waals surface area contributed by atoms with E-state index in [1.165, 1.54) is 48.7 Å². The summed E-state index contributed by atoms with van der Waals surface area (Å²) in [5, 5.41) is 0.926. The van der Waals surface area contributed by atoms with Gasteiger partial charge >= 0.3 is 5.97 Å². The van der Waals surface area contributed by atoms with Gasteiger partial charge in [0.15, 0.2) is 5.43 Å². The van der Waals surface area contributed by atoms with E-state index in [1.54, 1.807) is 24.3 Å². The lowest BCUT2D eigenvalue weighted by Crippen LogP contribution is -2.09. The Kier molecular flexibility index (Phi) is 4.67. The van der Waals surface area contributed by atoms with Crippen molar-refractivity contribution in [3.8, 4) is 16.9 Å². The Morgan fingerprint density at radius 1 is 0.964 bits per heavy atom. The molecule has 0 saturated carbocycles. The van der Waals surface area contributed by atoms with Gasteiger partial charge in [0.05, 0.1) is 16.5 Å². The van der Waals surface area contributed by atoms with Crippen LogP contribution in [0.25, 0.3) is 22.1 Å². The largest absolute Gasteiger partial charge is 0.463 e. The van der Waals surface area contributed by atoms with Gasteiger partial charge in [0.25, 0.3) is 0 Å². The predicted octanol–water partition coefficient (Wildman–Crippen LogP) is 5.47. The van der Waals surface area contributed by atoms with Gasteiger partial charge in [0, 0.05) is 11.1 Å². The van der Waals surface area contributed by atoms with Gasteiger partial charge in [0.1, 0.15) is 23.4 Å². The summed E-state index contributed by atoms with van der Waals surface area (Å²) in [7, 11) is 0. The molecule has 4 rings (SSSR count). The van der Waals surface area contributed by atoms with Crippen molar-refractivity contribution >= 4 is 28.5 Å². The van der Waals surface area contributed by atoms with Gasteiger partial charge < -0.3 is 9.15 Å². The highest BCUT2D eigenvalue weighted by Gasteiger charge is 2.13. The molecule has 0 bridgehead atoms. The third-order valence-electron chi connectivity index (χ3n) is 4.19. The van der Waals surface area contributed by atoms with E-state index >= 15 is 0 Å². The maximum absolute atomic E-state index is 13.0. The number of benzene rings is 3. The van der Waals surface area contributed by atoms with Crippen molar-refractivity contribution in [3.63, 3.8) is 0 Å². The first-order valence-electron chi connectivity index (χ1n) is 8.30. The van der Waals surface area contributed by atoms with E-state index in [-0.39, 0.29) is 22.3 Å². The maximum Gasteiger partial charge on any atom is 0.343 e. The molecule has 6 heteroatoms. The highest BCUT2D eigenvalue weighted by molar-refractivity contribution is 6.30. The van der Waals surface area contributed by atoms with Crippen LogP contribution in [0.5, 0.6) is 5.75 Å². The number of rotatable bonds is 3. The predicted molar refractivity (Wildman–Crippen MR) is 104 cm³/mol. The van der Waals surface area contributed by atoms with Crippen molar-refractivity contribution in [3.05, 3.63) is 99.6 Å². The lowest BCUT2D eigenvalue weighted by atomic mass is 10.1. The third kappa shape index (κ3) is 3.52. The fraction of sp³-hybridized carbons (Fsp3) is 0. The Labute approximate surface area is 163 Å². The second-order valence-corrected chi connectivity index (χ2v) is 6.48. The molecule has 0 spiro atoms. The molecule has 0 atom stereocenters. The third-order valence-corrected chi connectivity index (χ3v) is 4.44. The first-order valence-corrected chi connectivity index (χ1v) is 8.68. The minimum absolute atomic E-state index is 0.208. The van der Waals surface area contributed by atoms with Crippen LogP contribution in [0.15, 0.2) is 82.2 Å². The highest BCUT2D eigenvalue weighted by atomic mass is 35.5. The van der Waals surface area contributed by atoms with E-state index in [2.05, 4.69) is 0 Å². The molecule has 0 fully saturated rings. The zero-order chi connectivity index (χ0) is 19.7. The minimum atomic E-state index is -0.639. The number of hydrogen-bond acceptors (Lipinski definition) is 4. The second kappa shape index (κ2) is 7.29. The summed E-state index contributed by atoms with van der Waals surface area (Å²) in [6.45, 7) is 0. The van der Waals surface area contributed by atoms with Gasteiger partial charge in [-0.15, -0.1) is 0 Å². The molecule has 28 heavy (non-hydrogen) atoms. The highest BCUT2D eigenvalue weighted by Crippen LogP contribution is 2.24. The molecule has 0 aliphatic rings. The molecule has 1 aromatic heterocycles. The molecule has 0 saturated heterocycles. The van der Waals surface area contributed by atoms with E-state index in [1.807, 2.05) is 0 Å². The van der Waals surface area contributed by atoms with E-state index < -0.39 is 11.8 Å². The maximum atomic E-state index is 13.0. The van der Waals surface area contributed by atoms with Gasteiger partial charge in [-0.2, -0.15) is 0 Å². The van der Waals surface area contributed by atoms with Crippen LogP contribution in [-0.4, -0.2) is 5.97 Å². The van der Waals surface area contributed by atoms with Gasteiger partial charge in [-0.05, 0) is 54.1 Å². The zero-order valence-corrected chi connectivity index (χ0v) is 15.1. The summed E-state index contributed by atoms with van der Waals surface area (Å²) in [6, 6.07) is 16.4. The summed E-state index contributed by atoms with van der Waals surface area (Å²) >= 11 is 5.88. The number of fused-ring (bicyclic) bond motifs is 1. The van der Waals surface area contributed by atoms with Crippen molar-refractivity contribution in [1.29, 1.82) is 0 Å². The zero-order valence-electron chi connectivity index (χ0n) is 14.3. The summed E-state index contributed by atoms with van der Waals surface area (Å²) in [5.74, 6) is -0.871. The lowest BCUT2D eigenvalue weighted by Gasteiger charge is -2.06. The van der Waals surface area contributed by atoms with Crippen LogP contribution in [0.1, 0.15) is 10.4 Å². The van der Waals surface area contributed by atoms with Crippen LogP contribution in [0.3, 0.4) is 0 Å². The van der Waals surface area contributed by atoms with Gasteiger partial charge in [-0.1, -0.05) is 23.7 Å². The standard InChI is InChI=1S/C22H12ClFO4/c23-15-5-1-13(2-6-15)19-12-27-20-11-17(9-10-18(20)21(19)25)28-22(26)14-3-7-16(24)8-4-14/h1-12H. The number of carbonyl (C=O) groups is 1. The van der Waals surface area contributed by atoms with Crippen LogP contribution in [0.4, 0.5) is 4.39 Å². The summed E-state index contributed by atoms with van der Waals surface area (Å²) in [5.41, 5.74) is 1.38. The van der Waals surface area contributed by atoms with Gasteiger partial charge in [0.2, 0.25) is 0 Å². The van der Waals surface area contributed by atoms with E-state index in [4.69, 9.17) is 20.8 Å². The second-order valence-electron chi connectivity index (χ2n) is 6.04. The quantitative estimate of drug-likeness (QED) is 0.341. The van der Waals surface area contributed by atoms with Crippen LogP contribution in [-0.2, 0) is 0 Å². The summed E-state index contributed by atoms with van der Waals surface area (Å²) in [4.78, 5) is 24.9. The Balaban J connectivity index is 1.65. The van der Waals surface area contributed by atoms with Crippen molar-refractivity contribution < 1.29 is 18.3 Å². The molecule has 4 nitrogen and oxygen atoms in total. The van der Waals surface area contributed by atoms with Crippen LogP contribution >= 0.6 is 11.6 Å². The van der Waals surface area contributed by atoms with Crippen molar-refractivity contribution in [2.45, 2.75) is 0 Å². The topological polar surface area (TPSA) is 56.5 Å².